The SMILES string of the molecule is CC(C)N(CCCn1c(Sc2cc(Cl)cc(Cl)c2)nc2c(N)ncnc21)C(=O)OC(C)(C)C. The maximum absolute atomic E-state index is 12.6. The zero-order chi connectivity index (χ0) is 24.3. The monoisotopic (exact) mass is 510 g/mol. The molecular weight excluding hydrogens is 483 g/mol. The molecule has 0 aliphatic carbocycles. The number of imidazole rings is 1. The van der Waals surface area contributed by atoms with Gasteiger partial charge in [-0.2, -0.15) is 0 Å². The maximum Gasteiger partial charge on any atom is 0.410 e. The molecule has 0 saturated carbocycles. The number of fused-ring (bicyclic) bond motifs is 1. The van der Waals surface area contributed by atoms with E-state index in [0.717, 1.165) is 4.90 Å². The summed E-state index contributed by atoms with van der Waals surface area (Å²) in [5, 5.41) is 1.76. The summed E-state index contributed by atoms with van der Waals surface area (Å²) in [6.07, 6.45) is 1.75. The van der Waals surface area contributed by atoms with Crippen LogP contribution in [0.25, 0.3) is 11.2 Å². The summed E-state index contributed by atoms with van der Waals surface area (Å²) >= 11 is 13.7. The number of hydrogen-bond acceptors (Lipinski definition) is 7. The van der Waals surface area contributed by atoms with Crippen molar-refractivity contribution in [2.24, 2.45) is 0 Å². The average molecular weight is 511 g/mol. The van der Waals surface area contributed by atoms with Gasteiger partial charge >= 0.3 is 6.09 Å². The first-order valence-electron chi connectivity index (χ1n) is 10.5. The number of aromatic nitrogens is 4. The van der Waals surface area contributed by atoms with Crippen LogP contribution in [-0.4, -0.2) is 48.7 Å². The van der Waals surface area contributed by atoms with E-state index in [1.54, 1.807) is 11.0 Å². The van der Waals surface area contributed by atoms with Gasteiger partial charge < -0.3 is 19.9 Å². The van der Waals surface area contributed by atoms with Crippen molar-refractivity contribution >= 4 is 58.0 Å². The second-order valence-corrected chi connectivity index (χ2v) is 10.7. The number of aryl methyl sites for hydroxylation is 1. The average Bonchev–Trinajstić information content (AvgIpc) is 3.01. The summed E-state index contributed by atoms with van der Waals surface area (Å²) in [6, 6.07) is 5.32. The number of carbonyl (C=O) groups is 1. The Morgan fingerprint density at radius 3 is 2.48 bits per heavy atom. The maximum atomic E-state index is 12.6. The Bertz CT molecular complexity index is 1130. The van der Waals surface area contributed by atoms with Gasteiger partial charge in [0.1, 0.15) is 11.9 Å². The highest BCUT2D eigenvalue weighted by Gasteiger charge is 2.24. The van der Waals surface area contributed by atoms with E-state index in [9.17, 15) is 4.79 Å². The quantitative estimate of drug-likeness (QED) is 0.422. The van der Waals surface area contributed by atoms with Crippen LogP contribution in [0.15, 0.2) is 34.6 Å². The third-order valence-electron chi connectivity index (χ3n) is 4.60. The zero-order valence-corrected chi connectivity index (χ0v) is 21.6. The number of carbonyl (C=O) groups excluding carboxylic acids is 1. The van der Waals surface area contributed by atoms with Crippen LogP contribution in [0.1, 0.15) is 41.0 Å². The van der Waals surface area contributed by atoms with E-state index >= 15 is 0 Å². The molecule has 33 heavy (non-hydrogen) atoms. The molecule has 0 fully saturated rings. The Kier molecular flexibility index (Phi) is 7.97. The lowest BCUT2D eigenvalue weighted by Gasteiger charge is -2.30. The third-order valence-corrected chi connectivity index (χ3v) is 6.00. The molecule has 0 unspecified atom stereocenters. The minimum atomic E-state index is -0.554. The van der Waals surface area contributed by atoms with E-state index in [-0.39, 0.29) is 12.1 Å². The Labute approximate surface area is 207 Å². The number of nitrogen functional groups attached to an aromatic ring is 1. The van der Waals surface area contributed by atoms with Crippen molar-refractivity contribution < 1.29 is 9.53 Å². The molecule has 8 nitrogen and oxygen atoms in total. The van der Waals surface area contributed by atoms with E-state index in [1.807, 2.05) is 51.3 Å². The molecule has 178 valence electrons. The second kappa shape index (κ2) is 10.4. The first kappa shape index (κ1) is 25.4. The Morgan fingerprint density at radius 1 is 1.21 bits per heavy atom. The van der Waals surface area contributed by atoms with Crippen LogP contribution in [0.4, 0.5) is 10.6 Å². The van der Waals surface area contributed by atoms with Crippen LogP contribution < -0.4 is 5.73 Å². The van der Waals surface area contributed by atoms with Gasteiger partial charge in [-0.15, -0.1) is 0 Å². The summed E-state index contributed by atoms with van der Waals surface area (Å²) in [5.74, 6) is 0.308. The summed E-state index contributed by atoms with van der Waals surface area (Å²) in [4.78, 5) is 28.3. The molecule has 1 amide bonds. The van der Waals surface area contributed by atoms with Crippen molar-refractivity contribution in [2.75, 3.05) is 12.3 Å². The van der Waals surface area contributed by atoms with E-state index in [2.05, 4.69) is 15.0 Å². The van der Waals surface area contributed by atoms with Gasteiger partial charge in [-0.3, -0.25) is 0 Å². The Balaban J connectivity index is 1.84. The first-order valence-corrected chi connectivity index (χ1v) is 12.1. The Hall–Kier alpha value is -2.23. The molecule has 2 N–H and O–H groups in total. The van der Waals surface area contributed by atoms with Crippen LogP contribution in [0, 0.1) is 0 Å². The lowest BCUT2D eigenvalue weighted by atomic mass is 10.2. The molecular formula is C22H28Cl2N6O2S. The fraction of sp³-hybridized carbons (Fsp3) is 0.455. The first-order chi connectivity index (χ1) is 15.4. The third kappa shape index (κ3) is 6.65. The molecule has 0 radical (unpaired) electrons. The molecule has 3 aromatic rings. The molecule has 0 spiro atoms. The number of nitrogens with two attached hydrogens (primary N) is 1. The molecule has 3 rings (SSSR count). The summed E-state index contributed by atoms with van der Waals surface area (Å²) in [7, 11) is 0. The van der Waals surface area contributed by atoms with Crippen molar-refractivity contribution in [1.29, 1.82) is 0 Å². The van der Waals surface area contributed by atoms with E-state index in [4.69, 9.17) is 33.7 Å². The molecule has 0 aliphatic rings. The predicted octanol–water partition coefficient (Wildman–Crippen LogP) is 5.90. The van der Waals surface area contributed by atoms with Gasteiger partial charge in [-0.05, 0) is 59.2 Å². The van der Waals surface area contributed by atoms with Crippen molar-refractivity contribution in [3.05, 3.63) is 34.6 Å². The number of rotatable bonds is 7. The molecule has 0 aliphatic heterocycles. The lowest BCUT2D eigenvalue weighted by Crippen LogP contribution is -2.41. The number of benzene rings is 1. The fourth-order valence-corrected chi connectivity index (χ4v) is 4.85. The Morgan fingerprint density at radius 2 is 1.88 bits per heavy atom. The largest absolute Gasteiger partial charge is 0.444 e. The molecule has 11 heteroatoms. The standard InChI is InChI=1S/C22H28Cl2N6O2S/c1-13(2)29(21(31)32-22(3,4)5)7-6-8-30-19-17(18(25)26-12-27-19)28-20(30)33-16-10-14(23)9-15(24)11-16/h9-13H,6-8H2,1-5H3,(H2,25,26,27). The molecule has 0 atom stereocenters. The summed E-state index contributed by atoms with van der Waals surface area (Å²) in [6.45, 7) is 10.6. The minimum absolute atomic E-state index is 0.000186. The number of hydrogen-bond donors (Lipinski definition) is 1. The molecule has 0 bridgehead atoms. The normalized spacial score (nSPS) is 11.9. The minimum Gasteiger partial charge on any atom is -0.444 e. The van der Waals surface area contributed by atoms with Gasteiger partial charge in [0.15, 0.2) is 22.1 Å². The van der Waals surface area contributed by atoms with Crippen LogP contribution in [0.5, 0.6) is 0 Å². The van der Waals surface area contributed by atoms with Crippen molar-refractivity contribution in [3.8, 4) is 0 Å². The number of anilines is 1. The molecule has 2 heterocycles. The van der Waals surface area contributed by atoms with E-state index in [1.165, 1.54) is 18.1 Å². The molecule has 1 aromatic carbocycles. The fourth-order valence-electron chi connectivity index (χ4n) is 3.19. The number of nitrogens with zero attached hydrogens (tertiary/aromatic N) is 5. The van der Waals surface area contributed by atoms with Gasteiger partial charge in [-0.1, -0.05) is 35.0 Å². The predicted molar refractivity (Wildman–Crippen MR) is 133 cm³/mol. The van der Waals surface area contributed by atoms with Crippen molar-refractivity contribution in [2.45, 2.75) is 69.3 Å². The van der Waals surface area contributed by atoms with Gasteiger partial charge in [0.05, 0.1) is 0 Å². The van der Waals surface area contributed by atoms with E-state index < -0.39 is 5.60 Å². The summed E-state index contributed by atoms with van der Waals surface area (Å²) < 4.78 is 7.53. The highest BCUT2D eigenvalue weighted by Crippen LogP contribution is 2.34. The lowest BCUT2D eigenvalue weighted by molar-refractivity contribution is 0.0186. The zero-order valence-electron chi connectivity index (χ0n) is 19.3. The van der Waals surface area contributed by atoms with E-state index in [0.29, 0.717) is 51.7 Å². The molecule has 0 saturated heterocycles. The second-order valence-electron chi connectivity index (χ2n) is 8.81. The smallest absolute Gasteiger partial charge is 0.410 e. The van der Waals surface area contributed by atoms with Crippen LogP contribution in [0.2, 0.25) is 10.0 Å². The highest BCUT2D eigenvalue weighted by molar-refractivity contribution is 7.99. The van der Waals surface area contributed by atoms with Crippen molar-refractivity contribution in [3.63, 3.8) is 0 Å². The van der Waals surface area contributed by atoms with Gasteiger partial charge in [0, 0.05) is 34.1 Å². The van der Waals surface area contributed by atoms with Crippen LogP contribution in [0.3, 0.4) is 0 Å². The molecule has 2 aromatic heterocycles. The van der Waals surface area contributed by atoms with Gasteiger partial charge in [-0.25, -0.2) is 19.7 Å². The van der Waals surface area contributed by atoms with Crippen LogP contribution >= 0.6 is 35.0 Å². The van der Waals surface area contributed by atoms with Gasteiger partial charge in [0.25, 0.3) is 0 Å². The summed E-state index contributed by atoms with van der Waals surface area (Å²) in [5.41, 5.74) is 6.65. The van der Waals surface area contributed by atoms with Crippen molar-refractivity contribution in [1.82, 2.24) is 24.4 Å². The number of halogens is 2. The topological polar surface area (TPSA) is 99.2 Å². The van der Waals surface area contributed by atoms with Gasteiger partial charge in [0.2, 0.25) is 0 Å². The number of ether oxygens (including phenoxy) is 1. The number of amides is 1. The highest BCUT2D eigenvalue weighted by atomic mass is 35.5. The van der Waals surface area contributed by atoms with Crippen LogP contribution in [-0.2, 0) is 11.3 Å².